The normalized spacial score (nSPS) is 28.8. The predicted octanol–water partition coefficient (Wildman–Crippen LogP) is 6.06. The highest BCUT2D eigenvalue weighted by Crippen LogP contribution is 2.50. The molecule has 5 aliphatic rings. The number of alkyl carbamates (subject to hydrolysis) is 1. The Bertz CT molecular complexity index is 2260. The molecule has 13 nitrogen and oxygen atoms in total. The molecule has 1 saturated heterocycles. The third kappa shape index (κ3) is 8.11. The highest BCUT2D eigenvalue weighted by atomic mass is 32.2. The number of hydrogen-bond acceptors (Lipinski definition) is 9. The number of aryl methyl sites for hydroxylation is 2. The smallest absolute Gasteiger partial charge is 0.437 e. The molecule has 0 radical (unpaired) electrons. The average Bonchev–Trinajstić information content (AvgIpc) is 4.03. The molecule has 1 spiro atoms. The van der Waals surface area contributed by atoms with E-state index in [4.69, 9.17) is 9.47 Å². The first-order valence-corrected chi connectivity index (χ1v) is 21.4. The number of pyridine rings is 1. The van der Waals surface area contributed by atoms with Crippen LogP contribution in [0, 0.1) is 12.8 Å². The molecule has 3 N–H and O–H groups in total. The van der Waals surface area contributed by atoms with E-state index in [1.54, 1.807) is 31.2 Å². The first-order chi connectivity index (χ1) is 27.8. The van der Waals surface area contributed by atoms with E-state index in [1.807, 2.05) is 0 Å². The molecular formula is C40H47F6N5O8S. The van der Waals surface area contributed by atoms with E-state index >= 15 is 0 Å². The summed E-state index contributed by atoms with van der Waals surface area (Å²) in [4.78, 5) is 61.1. The van der Waals surface area contributed by atoms with Gasteiger partial charge in [-0.3, -0.25) is 19.1 Å². The van der Waals surface area contributed by atoms with Gasteiger partial charge in [0.15, 0.2) is 11.4 Å². The summed E-state index contributed by atoms with van der Waals surface area (Å²) in [6.07, 6.45) is -6.09. The summed E-state index contributed by atoms with van der Waals surface area (Å²) in [5, 5.41) is 5.35. The number of carbonyl (C=O) groups excluding carboxylic acids is 4. The van der Waals surface area contributed by atoms with Crippen LogP contribution in [0.25, 0.3) is 10.9 Å². The molecule has 0 bridgehead atoms. The lowest BCUT2D eigenvalue weighted by Crippen LogP contribution is -2.59. The molecule has 328 valence electrons. The number of fused-ring (bicyclic) bond motifs is 5. The fourth-order valence-electron chi connectivity index (χ4n) is 8.30. The Morgan fingerprint density at radius 2 is 1.75 bits per heavy atom. The van der Waals surface area contributed by atoms with Gasteiger partial charge in [-0.1, -0.05) is 36.6 Å². The lowest BCUT2D eigenvalue weighted by molar-refractivity contribution is -0.244. The van der Waals surface area contributed by atoms with Crippen LogP contribution in [-0.4, -0.2) is 88.4 Å². The Hall–Kier alpha value is -4.62. The number of nitrogens with zero attached hydrogens (tertiary/aromatic N) is 2. The number of rotatable bonds is 5. The van der Waals surface area contributed by atoms with Gasteiger partial charge in [-0.2, -0.15) is 26.3 Å². The average molecular weight is 872 g/mol. The van der Waals surface area contributed by atoms with Crippen LogP contribution in [0.4, 0.5) is 31.1 Å². The summed E-state index contributed by atoms with van der Waals surface area (Å²) in [6.45, 7) is 4.01. The first kappa shape index (κ1) is 43.5. The quantitative estimate of drug-likeness (QED) is 0.239. The fourth-order valence-corrected chi connectivity index (χ4v) is 9.61. The van der Waals surface area contributed by atoms with Gasteiger partial charge in [-0.15, -0.1) is 0 Å². The van der Waals surface area contributed by atoms with E-state index in [2.05, 4.69) is 20.3 Å². The van der Waals surface area contributed by atoms with Crippen molar-refractivity contribution >= 4 is 44.7 Å². The Morgan fingerprint density at radius 3 is 2.42 bits per heavy atom. The fraction of sp³-hybridized carbons (Fsp3) is 0.625. The van der Waals surface area contributed by atoms with Gasteiger partial charge < -0.3 is 25.0 Å². The molecule has 60 heavy (non-hydrogen) atoms. The van der Waals surface area contributed by atoms with Crippen molar-refractivity contribution in [3.63, 3.8) is 0 Å². The molecule has 5 atom stereocenters. The topological polar surface area (TPSA) is 173 Å². The van der Waals surface area contributed by atoms with Crippen LogP contribution < -0.4 is 20.1 Å². The second kappa shape index (κ2) is 14.8. The van der Waals surface area contributed by atoms with E-state index in [1.165, 1.54) is 13.0 Å². The standard InChI is InChI=1S/C40H47F6N5O8S/c1-22-12-13-26-25(18-22)24-14-15-37(58-29(24)30(47-26)39(41,42)43)20-28-31(52)49-38(33(54)50-60(56,57)36(4)16-17-36)19-23(38)10-8-6-5-7-9-11-27(32(53)51(28)21-37)48-34(55)59-35(2,3)40(44,45)46/h8,10,12-13,18,23,27-28H,5-7,9,11,14-17,19-21H2,1-4H3,(H,48,55)(H,49,52)(H,50,54)/b10-8-/t23-,27+,28+,37-,38-/m1/s1. The van der Waals surface area contributed by atoms with Crippen molar-refractivity contribution in [1.82, 2.24) is 25.2 Å². The minimum absolute atomic E-state index is 0.00110. The van der Waals surface area contributed by atoms with Gasteiger partial charge in [-0.25, -0.2) is 18.2 Å². The SMILES string of the molecule is Cc1ccc2nc(C(F)(F)F)c3c(c2c1)CC[C@]1(C[C@H]2C(=O)N[C@]4(C(=O)NS(=O)(=O)C5(C)CC5)C[C@H]4/C=C\CCCCC[C@H](NC(=O)OC(C)(C)C(F)(F)F)C(=O)N2C1)O3. The molecule has 2 aromatic rings. The molecule has 3 fully saturated rings. The van der Waals surface area contributed by atoms with Crippen LogP contribution in [0.1, 0.15) is 102 Å². The Labute approximate surface area is 342 Å². The van der Waals surface area contributed by atoms with E-state index in [9.17, 15) is 53.9 Å². The molecule has 2 aliphatic carbocycles. The molecule has 1 aromatic carbocycles. The van der Waals surface area contributed by atoms with Gasteiger partial charge in [-0.05, 0) is 91.2 Å². The maximum Gasteiger partial charge on any atom is 0.437 e. The minimum atomic E-state index is -4.98. The Kier molecular flexibility index (Phi) is 10.7. The molecule has 7 rings (SSSR count). The molecule has 1 aromatic heterocycles. The third-order valence-corrected chi connectivity index (χ3v) is 14.7. The van der Waals surface area contributed by atoms with Crippen molar-refractivity contribution in [2.45, 2.75) is 144 Å². The van der Waals surface area contributed by atoms with Crippen molar-refractivity contribution in [3.8, 4) is 5.75 Å². The Balaban J connectivity index is 1.27. The zero-order chi connectivity index (χ0) is 43.8. The maximum absolute atomic E-state index is 14.7. The molecule has 4 heterocycles. The van der Waals surface area contributed by atoms with Crippen LogP contribution >= 0.6 is 0 Å². The van der Waals surface area contributed by atoms with Crippen LogP contribution in [0.15, 0.2) is 30.4 Å². The summed E-state index contributed by atoms with van der Waals surface area (Å²) in [7, 11) is -4.16. The highest BCUT2D eigenvalue weighted by molar-refractivity contribution is 7.91. The van der Waals surface area contributed by atoms with Crippen LogP contribution in [0.3, 0.4) is 0 Å². The van der Waals surface area contributed by atoms with Gasteiger partial charge in [0.1, 0.15) is 23.2 Å². The van der Waals surface area contributed by atoms with Gasteiger partial charge >= 0.3 is 18.4 Å². The first-order valence-electron chi connectivity index (χ1n) is 19.9. The van der Waals surface area contributed by atoms with Gasteiger partial charge in [0, 0.05) is 23.3 Å². The number of sulfonamides is 1. The number of carbonyl (C=O) groups is 4. The summed E-state index contributed by atoms with van der Waals surface area (Å²) < 4.78 is 123. The molecule has 3 aliphatic heterocycles. The third-order valence-electron chi connectivity index (χ3n) is 12.6. The molecule has 20 heteroatoms. The second-order valence-corrected chi connectivity index (χ2v) is 19.8. The Morgan fingerprint density at radius 1 is 1.03 bits per heavy atom. The summed E-state index contributed by atoms with van der Waals surface area (Å²) in [5.41, 5.74) is -6.62. The summed E-state index contributed by atoms with van der Waals surface area (Å²) >= 11 is 0. The number of allylic oxidation sites excluding steroid dienone is 1. The predicted molar refractivity (Wildman–Crippen MR) is 203 cm³/mol. The largest absolute Gasteiger partial charge is 0.483 e. The van der Waals surface area contributed by atoms with Crippen molar-refractivity contribution in [3.05, 3.63) is 47.2 Å². The van der Waals surface area contributed by atoms with E-state index < -0.39 is 110 Å². The number of benzene rings is 1. The number of ether oxygens (including phenoxy) is 2. The maximum atomic E-state index is 14.7. The number of halogens is 6. The van der Waals surface area contributed by atoms with Crippen LogP contribution in [0.2, 0.25) is 0 Å². The van der Waals surface area contributed by atoms with E-state index in [0.717, 1.165) is 10.5 Å². The highest BCUT2D eigenvalue weighted by Gasteiger charge is 2.64. The van der Waals surface area contributed by atoms with E-state index in [0.29, 0.717) is 51.3 Å². The number of alkyl halides is 6. The van der Waals surface area contributed by atoms with E-state index in [-0.39, 0.29) is 43.2 Å². The van der Waals surface area contributed by atoms with Gasteiger partial charge in [0.05, 0.1) is 16.8 Å². The second-order valence-electron chi connectivity index (χ2n) is 17.6. The van der Waals surface area contributed by atoms with Crippen LogP contribution in [-0.2, 0) is 41.7 Å². The molecule has 2 saturated carbocycles. The molecular weight excluding hydrogens is 825 g/mol. The van der Waals surface area contributed by atoms with Crippen molar-refractivity contribution in [2.24, 2.45) is 5.92 Å². The zero-order valence-electron chi connectivity index (χ0n) is 33.4. The lowest BCUT2D eigenvalue weighted by atomic mass is 9.86. The minimum Gasteiger partial charge on any atom is -0.483 e. The number of hydrogen-bond donors (Lipinski definition) is 3. The van der Waals surface area contributed by atoms with Crippen molar-refractivity contribution in [1.29, 1.82) is 0 Å². The van der Waals surface area contributed by atoms with Crippen LogP contribution in [0.5, 0.6) is 5.75 Å². The zero-order valence-corrected chi connectivity index (χ0v) is 34.3. The molecule has 4 amide bonds. The van der Waals surface area contributed by atoms with Gasteiger partial charge in [0.25, 0.3) is 5.91 Å². The number of nitrogens with one attached hydrogen (secondary N) is 3. The van der Waals surface area contributed by atoms with Gasteiger partial charge in [0.2, 0.25) is 27.4 Å². The number of aromatic nitrogens is 1. The summed E-state index contributed by atoms with van der Waals surface area (Å²) in [5.74, 6) is -4.11. The molecule has 0 unspecified atom stereocenters. The van der Waals surface area contributed by atoms with Crippen molar-refractivity contribution < 1.29 is 63.4 Å². The number of amides is 4. The lowest BCUT2D eigenvalue weighted by Gasteiger charge is -2.37. The summed E-state index contributed by atoms with van der Waals surface area (Å²) in [6, 6.07) is 1.66. The van der Waals surface area contributed by atoms with Crippen molar-refractivity contribution in [2.75, 3.05) is 6.54 Å². The monoisotopic (exact) mass is 871 g/mol.